The maximum absolute atomic E-state index is 14.0. The van der Waals surface area contributed by atoms with Crippen LogP contribution in [0.1, 0.15) is 11.1 Å². The van der Waals surface area contributed by atoms with Gasteiger partial charge in [-0.3, -0.25) is 4.79 Å². The van der Waals surface area contributed by atoms with Gasteiger partial charge in [-0.15, -0.1) is 0 Å². The number of para-hydroxylation sites is 1. The van der Waals surface area contributed by atoms with Crippen LogP contribution in [-0.2, 0) is 4.79 Å². The lowest BCUT2D eigenvalue weighted by atomic mass is 9.99. The minimum absolute atomic E-state index is 0.0219. The topological polar surface area (TPSA) is 80.7 Å². The van der Waals surface area contributed by atoms with Crippen molar-refractivity contribution in [1.82, 2.24) is 4.90 Å². The first kappa shape index (κ1) is 27.0. The number of nitrogens with zero attached hydrogens (tertiary/aromatic N) is 2. The lowest BCUT2D eigenvalue weighted by molar-refractivity contribution is -0.125. The Labute approximate surface area is 227 Å². The van der Waals surface area contributed by atoms with Gasteiger partial charge in [-0.05, 0) is 53.6 Å². The van der Waals surface area contributed by atoms with Gasteiger partial charge in [0.2, 0.25) is 5.75 Å². The van der Waals surface area contributed by atoms with Crippen LogP contribution in [0.25, 0.3) is 11.6 Å². The molecule has 0 atom stereocenters. The molecule has 8 nitrogen and oxygen atoms in total. The van der Waals surface area contributed by atoms with Crippen molar-refractivity contribution in [2.24, 2.45) is 0 Å². The number of rotatable bonds is 8. The third kappa shape index (κ3) is 5.60. The van der Waals surface area contributed by atoms with E-state index in [9.17, 15) is 9.90 Å². The number of hydrogen-bond donors (Lipinski definition) is 1. The van der Waals surface area contributed by atoms with Crippen molar-refractivity contribution < 1.29 is 28.8 Å². The summed E-state index contributed by atoms with van der Waals surface area (Å²) in [6.07, 6.45) is 1.74. The molecule has 9 heteroatoms. The summed E-state index contributed by atoms with van der Waals surface area (Å²) in [6.45, 7) is 2.31. The molecule has 38 heavy (non-hydrogen) atoms. The molecule has 1 amide bonds. The SMILES string of the molecule is COc1ccc(/C=C(/C(=O)N2CCN(c3ccccc3Cl)CC2)c2cc(OC)c(OC)c(OC)c2)cc1O. The van der Waals surface area contributed by atoms with Gasteiger partial charge in [0.25, 0.3) is 5.91 Å². The van der Waals surface area contributed by atoms with Crippen LogP contribution in [-0.4, -0.2) is 70.5 Å². The van der Waals surface area contributed by atoms with Crippen LogP contribution in [0, 0.1) is 0 Å². The number of anilines is 1. The third-order valence-corrected chi connectivity index (χ3v) is 6.80. The summed E-state index contributed by atoms with van der Waals surface area (Å²) in [4.78, 5) is 18.0. The van der Waals surface area contributed by atoms with Gasteiger partial charge in [-0.1, -0.05) is 29.8 Å². The number of piperazine rings is 1. The summed E-state index contributed by atoms with van der Waals surface area (Å²) in [5.74, 6) is 1.46. The van der Waals surface area contributed by atoms with Crippen LogP contribution in [0.4, 0.5) is 5.69 Å². The minimum Gasteiger partial charge on any atom is -0.504 e. The number of ether oxygens (including phenoxy) is 4. The molecule has 0 aromatic heterocycles. The van der Waals surface area contributed by atoms with Gasteiger partial charge in [0.05, 0.1) is 39.1 Å². The normalized spacial score (nSPS) is 13.8. The van der Waals surface area contributed by atoms with E-state index < -0.39 is 0 Å². The number of phenols is 1. The standard InChI is InChI=1S/C29H31ClN2O6/c1-35-25-10-9-19(16-24(25)33)15-21(20-17-26(36-2)28(38-4)27(18-20)37-3)29(34)32-13-11-31(12-14-32)23-8-6-5-7-22(23)30/h5-10,15-18,33H,11-14H2,1-4H3/b21-15+. The highest BCUT2D eigenvalue weighted by atomic mass is 35.5. The first-order valence-corrected chi connectivity index (χ1v) is 12.5. The Morgan fingerprint density at radius 1 is 0.842 bits per heavy atom. The quantitative estimate of drug-likeness (QED) is 0.320. The lowest BCUT2D eigenvalue weighted by Crippen LogP contribution is -2.49. The molecular weight excluding hydrogens is 508 g/mol. The molecule has 0 unspecified atom stereocenters. The molecule has 1 aliphatic heterocycles. The van der Waals surface area contributed by atoms with Crippen molar-refractivity contribution in [3.63, 3.8) is 0 Å². The van der Waals surface area contributed by atoms with Gasteiger partial charge in [0, 0.05) is 31.8 Å². The predicted octanol–water partition coefficient (Wildman–Crippen LogP) is 4.97. The lowest BCUT2D eigenvalue weighted by Gasteiger charge is -2.37. The first-order chi connectivity index (χ1) is 18.4. The average Bonchev–Trinajstić information content (AvgIpc) is 2.95. The van der Waals surface area contributed by atoms with Gasteiger partial charge in [-0.2, -0.15) is 0 Å². The second-order valence-corrected chi connectivity index (χ2v) is 9.04. The molecular formula is C29H31ClN2O6. The molecule has 1 fully saturated rings. The highest BCUT2D eigenvalue weighted by Crippen LogP contribution is 2.41. The molecule has 0 bridgehead atoms. The number of hydrogen-bond acceptors (Lipinski definition) is 7. The van der Waals surface area contributed by atoms with E-state index in [-0.39, 0.29) is 11.7 Å². The summed E-state index contributed by atoms with van der Waals surface area (Å²) in [6, 6.07) is 16.2. The predicted molar refractivity (Wildman–Crippen MR) is 149 cm³/mol. The zero-order chi connectivity index (χ0) is 27.2. The van der Waals surface area contributed by atoms with E-state index in [1.54, 1.807) is 36.4 Å². The van der Waals surface area contributed by atoms with Crippen LogP contribution < -0.4 is 23.8 Å². The van der Waals surface area contributed by atoms with Gasteiger partial charge in [-0.25, -0.2) is 0 Å². The maximum Gasteiger partial charge on any atom is 0.254 e. The molecule has 1 aliphatic rings. The Hall–Kier alpha value is -4.04. The Morgan fingerprint density at radius 3 is 2.03 bits per heavy atom. The molecule has 1 heterocycles. The first-order valence-electron chi connectivity index (χ1n) is 12.1. The fraction of sp³-hybridized carbons (Fsp3) is 0.276. The molecule has 200 valence electrons. The molecule has 0 spiro atoms. The Morgan fingerprint density at radius 2 is 1.47 bits per heavy atom. The highest BCUT2D eigenvalue weighted by Gasteiger charge is 2.27. The summed E-state index contributed by atoms with van der Waals surface area (Å²) in [5, 5.41) is 11.0. The highest BCUT2D eigenvalue weighted by molar-refractivity contribution is 6.33. The number of phenolic OH excluding ortho intramolecular Hbond substituents is 1. The summed E-state index contributed by atoms with van der Waals surface area (Å²) in [7, 11) is 6.07. The van der Waals surface area contributed by atoms with Crippen LogP contribution in [0.3, 0.4) is 0 Å². The number of carbonyl (C=O) groups is 1. The van der Waals surface area contributed by atoms with E-state index in [0.29, 0.717) is 70.9 Å². The third-order valence-electron chi connectivity index (χ3n) is 6.48. The molecule has 3 aromatic carbocycles. The maximum atomic E-state index is 14.0. The minimum atomic E-state index is -0.159. The van der Waals surface area contributed by atoms with Crippen LogP contribution in [0.2, 0.25) is 5.02 Å². The molecule has 4 rings (SSSR count). The Kier molecular flexibility index (Phi) is 8.53. The summed E-state index contributed by atoms with van der Waals surface area (Å²) >= 11 is 6.40. The monoisotopic (exact) mass is 538 g/mol. The molecule has 0 saturated carbocycles. The number of aromatic hydroxyl groups is 1. The van der Waals surface area contributed by atoms with Gasteiger partial charge >= 0.3 is 0 Å². The van der Waals surface area contributed by atoms with Crippen molar-refractivity contribution in [2.45, 2.75) is 0 Å². The Balaban J connectivity index is 1.71. The molecule has 3 aromatic rings. The summed E-state index contributed by atoms with van der Waals surface area (Å²) in [5.41, 5.74) is 2.60. The van der Waals surface area contributed by atoms with E-state index in [4.69, 9.17) is 30.5 Å². The van der Waals surface area contributed by atoms with E-state index in [2.05, 4.69) is 4.90 Å². The molecule has 1 N–H and O–H groups in total. The zero-order valence-electron chi connectivity index (χ0n) is 21.9. The van der Waals surface area contributed by atoms with E-state index in [0.717, 1.165) is 5.69 Å². The largest absolute Gasteiger partial charge is 0.504 e. The molecule has 1 saturated heterocycles. The number of methoxy groups -OCH3 is 4. The fourth-order valence-corrected chi connectivity index (χ4v) is 4.75. The van der Waals surface area contributed by atoms with E-state index >= 15 is 0 Å². The average molecular weight is 539 g/mol. The van der Waals surface area contributed by atoms with Crippen molar-refractivity contribution in [1.29, 1.82) is 0 Å². The second-order valence-electron chi connectivity index (χ2n) is 8.63. The second kappa shape index (κ2) is 12.0. The van der Waals surface area contributed by atoms with Crippen molar-refractivity contribution in [3.8, 4) is 28.7 Å². The number of benzene rings is 3. The van der Waals surface area contributed by atoms with Gasteiger partial charge in [0.15, 0.2) is 23.0 Å². The Bertz CT molecular complexity index is 1310. The molecule has 0 radical (unpaired) electrons. The van der Waals surface area contributed by atoms with Crippen molar-refractivity contribution in [2.75, 3.05) is 59.5 Å². The van der Waals surface area contributed by atoms with Gasteiger partial charge < -0.3 is 33.9 Å². The van der Waals surface area contributed by atoms with E-state index in [1.165, 1.54) is 28.4 Å². The zero-order valence-corrected chi connectivity index (χ0v) is 22.6. The van der Waals surface area contributed by atoms with Crippen LogP contribution in [0.15, 0.2) is 54.6 Å². The number of halogens is 1. The van der Waals surface area contributed by atoms with E-state index in [1.807, 2.05) is 29.2 Å². The smallest absolute Gasteiger partial charge is 0.254 e. The van der Waals surface area contributed by atoms with Crippen molar-refractivity contribution in [3.05, 3.63) is 70.7 Å². The molecule has 0 aliphatic carbocycles. The fourth-order valence-electron chi connectivity index (χ4n) is 4.50. The van der Waals surface area contributed by atoms with Crippen molar-refractivity contribution >= 4 is 34.8 Å². The van der Waals surface area contributed by atoms with Gasteiger partial charge in [0.1, 0.15) is 0 Å². The van der Waals surface area contributed by atoms with Crippen LogP contribution in [0.5, 0.6) is 28.7 Å². The van der Waals surface area contributed by atoms with Crippen LogP contribution >= 0.6 is 11.6 Å². The summed E-state index contributed by atoms with van der Waals surface area (Å²) < 4.78 is 21.7. The number of amides is 1. The number of carbonyl (C=O) groups excluding carboxylic acids is 1.